The van der Waals surface area contributed by atoms with Gasteiger partial charge in [-0.3, -0.25) is 4.79 Å². The molecule has 2 rings (SSSR count). The zero-order valence-electron chi connectivity index (χ0n) is 12.2. The van der Waals surface area contributed by atoms with Crippen molar-refractivity contribution in [2.45, 2.75) is 24.7 Å². The summed E-state index contributed by atoms with van der Waals surface area (Å²) in [5.41, 5.74) is 0. The predicted molar refractivity (Wildman–Crippen MR) is 76.5 cm³/mol. The average molecular weight is 332 g/mol. The second kappa shape index (κ2) is 6.70. The molecular weight excluding hydrogens is 314 g/mol. The van der Waals surface area contributed by atoms with Gasteiger partial charge in [0.15, 0.2) is 11.6 Å². The summed E-state index contributed by atoms with van der Waals surface area (Å²) >= 11 is 0. The monoisotopic (exact) mass is 332 g/mol. The van der Waals surface area contributed by atoms with Crippen LogP contribution in [0, 0.1) is 17.6 Å². The maximum atomic E-state index is 13.6. The smallest absolute Gasteiger partial charge is 0.243 e. The molecular formula is C14H18F2N2O3S. The fourth-order valence-corrected chi connectivity index (χ4v) is 3.61. The third kappa shape index (κ3) is 3.80. The molecule has 1 amide bonds. The van der Waals surface area contributed by atoms with Crippen LogP contribution in [0.3, 0.4) is 0 Å². The highest BCUT2D eigenvalue weighted by molar-refractivity contribution is 7.89. The number of nitrogens with one attached hydrogen (secondary N) is 1. The fourth-order valence-electron chi connectivity index (χ4n) is 2.36. The van der Waals surface area contributed by atoms with Gasteiger partial charge >= 0.3 is 0 Å². The van der Waals surface area contributed by atoms with E-state index in [9.17, 15) is 22.0 Å². The van der Waals surface area contributed by atoms with Crippen LogP contribution in [0.15, 0.2) is 23.1 Å². The van der Waals surface area contributed by atoms with E-state index >= 15 is 0 Å². The third-order valence-electron chi connectivity index (χ3n) is 3.53. The Bertz CT molecular complexity index is 664. The van der Waals surface area contributed by atoms with Crippen LogP contribution in [0.4, 0.5) is 8.78 Å². The maximum Gasteiger partial charge on any atom is 0.243 e. The van der Waals surface area contributed by atoms with E-state index in [0.717, 1.165) is 24.6 Å². The fraction of sp³-hybridized carbons (Fsp3) is 0.500. The number of benzene rings is 1. The molecule has 5 nitrogen and oxygen atoms in total. The lowest BCUT2D eigenvalue weighted by atomic mass is 10.2. The van der Waals surface area contributed by atoms with Gasteiger partial charge in [0.2, 0.25) is 15.9 Å². The first-order chi connectivity index (χ1) is 10.3. The Morgan fingerprint density at radius 2 is 2.09 bits per heavy atom. The Kier molecular flexibility index (Phi) is 5.12. The van der Waals surface area contributed by atoms with Gasteiger partial charge in [0, 0.05) is 26.1 Å². The van der Waals surface area contributed by atoms with Crippen molar-refractivity contribution in [1.82, 2.24) is 9.62 Å². The number of nitrogens with zero attached hydrogens (tertiary/aromatic N) is 1. The van der Waals surface area contributed by atoms with Crippen molar-refractivity contribution < 1.29 is 22.0 Å². The van der Waals surface area contributed by atoms with Crippen LogP contribution in [0.1, 0.15) is 19.8 Å². The van der Waals surface area contributed by atoms with Crippen LogP contribution < -0.4 is 4.72 Å². The van der Waals surface area contributed by atoms with Crippen molar-refractivity contribution in [3.8, 4) is 0 Å². The second-order valence-electron chi connectivity index (χ2n) is 5.45. The number of carbonyl (C=O) groups is 1. The Morgan fingerprint density at radius 1 is 1.36 bits per heavy atom. The van der Waals surface area contributed by atoms with Crippen molar-refractivity contribution >= 4 is 15.9 Å². The lowest BCUT2D eigenvalue weighted by Gasteiger charge is -2.21. The minimum Gasteiger partial charge on any atom is -0.342 e. The number of halogens is 2. The molecule has 1 heterocycles. The van der Waals surface area contributed by atoms with Gasteiger partial charge < -0.3 is 4.90 Å². The molecule has 0 unspecified atom stereocenters. The van der Waals surface area contributed by atoms with E-state index in [0.29, 0.717) is 19.5 Å². The van der Waals surface area contributed by atoms with Crippen LogP contribution in [0.5, 0.6) is 0 Å². The zero-order chi connectivity index (χ0) is 16.3. The Labute approximate surface area is 128 Å². The Balaban J connectivity index is 1.97. The van der Waals surface area contributed by atoms with Gasteiger partial charge in [-0.15, -0.1) is 0 Å². The molecule has 1 aromatic carbocycles. The molecule has 1 aromatic rings. The second-order valence-corrected chi connectivity index (χ2v) is 7.19. The van der Waals surface area contributed by atoms with Crippen molar-refractivity contribution in [3.63, 3.8) is 0 Å². The Morgan fingerprint density at radius 3 is 2.73 bits per heavy atom. The normalized spacial score (nSPS) is 17.0. The number of hydrogen-bond donors (Lipinski definition) is 1. The first kappa shape index (κ1) is 16.8. The summed E-state index contributed by atoms with van der Waals surface area (Å²) in [7, 11) is -4.12. The number of sulfonamides is 1. The molecule has 0 aromatic heterocycles. The van der Waals surface area contributed by atoms with Gasteiger partial charge in [-0.2, -0.15) is 0 Å². The summed E-state index contributed by atoms with van der Waals surface area (Å²) in [6.45, 7) is 2.94. The highest BCUT2D eigenvalue weighted by atomic mass is 32.2. The van der Waals surface area contributed by atoms with Crippen LogP contribution in [0.2, 0.25) is 0 Å². The van der Waals surface area contributed by atoms with Crippen molar-refractivity contribution in [3.05, 3.63) is 29.8 Å². The molecule has 0 radical (unpaired) electrons. The van der Waals surface area contributed by atoms with Crippen LogP contribution in [0.25, 0.3) is 0 Å². The summed E-state index contributed by atoms with van der Waals surface area (Å²) in [5.74, 6) is -2.67. The molecule has 1 N–H and O–H groups in total. The van der Waals surface area contributed by atoms with Gasteiger partial charge in [-0.05, 0) is 24.5 Å². The van der Waals surface area contributed by atoms with Gasteiger partial charge in [0.1, 0.15) is 4.90 Å². The van der Waals surface area contributed by atoms with E-state index in [2.05, 4.69) is 4.72 Å². The summed E-state index contributed by atoms with van der Waals surface area (Å²) in [5, 5.41) is 0. The molecule has 22 heavy (non-hydrogen) atoms. The summed E-state index contributed by atoms with van der Waals surface area (Å²) in [6, 6.07) is 3.00. The minimum absolute atomic E-state index is 0.0437. The van der Waals surface area contributed by atoms with E-state index in [4.69, 9.17) is 0 Å². The lowest BCUT2D eigenvalue weighted by molar-refractivity contribution is -0.128. The van der Waals surface area contributed by atoms with E-state index in [1.54, 1.807) is 11.8 Å². The van der Waals surface area contributed by atoms with Gasteiger partial charge in [0.05, 0.1) is 0 Å². The van der Waals surface area contributed by atoms with Gasteiger partial charge in [-0.25, -0.2) is 21.9 Å². The van der Waals surface area contributed by atoms with Crippen LogP contribution >= 0.6 is 0 Å². The molecule has 1 fully saturated rings. The molecule has 0 bridgehead atoms. The van der Waals surface area contributed by atoms with Crippen molar-refractivity contribution in [1.29, 1.82) is 0 Å². The number of carbonyl (C=O) groups excluding carboxylic acids is 1. The molecule has 8 heteroatoms. The van der Waals surface area contributed by atoms with Crippen molar-refractivity contribution in [2.24, 2.45) is 5.92 Å². The summed E-state index contributed by atoms with van der Waals surface area (Å²) in [6.07, 6.45) is 1.33. The quantitative estimate of drug-likeness (QED) is 0.858. The SMILES string of the molecule is C[C@@H](CNS(=O)(=O)c1cccc(F)c1F)CN1CCCC1=O. The topological polar surface area (TPSA) is 66.5 Å². The highest BCUT2D eigenvalue weighted by Gasteiger charge is 2.24. The first-order valence-electron chi connectivity index (χ1n) is 7.02. The Hall–Kier alpha value is -1.54. The summed E-state index contributed by atoms with van der Waals surface area (Å²) < 4.78 is 52.9. The molecule has 122 valence electrons. The number of amides is 1. The zero-order valence-corrected chi connectivity index (χ0v) is 13.0. The van der Waals surface area contributed by atoms with E-state index in [-0.39, 0.29) is 18.4 Å². The van der Waals surface area contributed by atoms with Gasteiger partial charge in [-0.1, -0.05) is 13.0 Å². The number of hydrogen-bond acceptors (Lipinski definition) is 3. The maximum absolute atomic E-state index is 13.6. The first-order valence-corrected chi connectivity index (χ1v) is 8.51. The largest absolute Gasteiger partial charge is 0.342 e. The average Bonchev–Trinajstić information content (AvgIpc) is 2.85. The molecule has 0 aliphatic carbocycles. The molecule has 0 spiro atoms. The van der Waals surface area contributed by atoms with E-state index < -0.39 is 26.6 Å². The minimum atomic E-state index is -4.12. The molecule has 1 aliphatic heterocycles. The molecule has 1 saturated heterocycles. The third-order valence-corrected chi connectivity index (χ3v) is 4.97. The predicted octanol–water partition coefficient (Wildman–Crippen LogP) is 1.50. The number of likely N-dealkylation sites (tertiary alicyclic amines) is 1. The van der Waals surface area contributed by atoms with Crippen LogP contribution in [-0.2, 0) is 14.8 Å². The lowest BCUT2D eigenvalue weighted by Crippen LogP contribution is -2.36. The molecule has 1 aliphatic rings. The van der Waals surface area contributed by atoms with Crippen LogP contribution in [-0.4, -0.2) is 38.9 Å². The highest BCUT2D eigenvalue weighted by Crippen LogP contribution is 2.17. The van der Waals surface area contributed by atoms with Crippen molar-refractivity contribution in [2.75, 3.05) is 19.6 Å². The molecule has 0 saturated carbocycles. The summed E-state index contributed by atoms with van der Waals surface area (Å²) in [4.78, 5) is 12.5. The van der Waals surface area contributed by atoms with E-state index in [1.165, 1.54) is 0 Å². The standard InChI is InChI=1S/C14H18F2N2O3S/c1-10(9-18-7-3-6-13(18)19)8-17-22(20,21)12-5-2-4-11(15)14(12)16/h2,4-5,10,17H,3,6-9H2,1H3/t10-/m0/s1. The molecule has 1 atom stereocenters. The van der Waals surface area contributed by atoms with Gasteiger partial charge in [0.25, 0.3) is 0 Å². The number of rotatable bonds is 6. The van der Waals surface area contributed by atoms with E-state index in [1.807, 2.05) is 0 Å².